The summed E-state index contributed by atoms with van der Waals surface area (Å²) in [5.41, 5.74) is 1.50. The highest BCUT2D eigenvalue weighted by Gasteiger charge is 2.42. The molecule has 2 N–H and O–H groups in total. The Morgan fingerprint density at radius 3 is 2.68 bits per heavy atom. The fraction of sp³-hybridized carbons (Fsp3) is 0.421. The fourth-order valence-corrected chi connectivity index (χ4v) is 3.52. The summed E-state index contributed by atoms with van der Waals surface area (Å²) < 4.78 is 0. The zero-order valence-electron chi connectivity index (χ0n) is 15.4. The van der Waals surface area contributed by atoms with Crippen molar-refractivity contribution in [2.75, 3.05) is 12.4 Å². The van der Waals surface area contributed by atoms with Gasteiger partial charge in [0.25, 0.3) is 11.8 Å². The maximum absolute atomic E-state index is 12.8. The molecule has 0 saturated carbocycles. The van der Waals surface area contributed by atoms with Crippen molar-refractivity contribution in [3.05, 3.63) is 29.3 Å². The molecule has 1 fully saturated rings. The van der Waals surface area contributed by atoms with E-state index in [1.54, 1.807) is 18.2 Å². The van der Waals surface area contributed by atoms with Crippen LogP contribution in [0.2, 0.25) is 0 Å². The van der Waals surface area contributed by atoms with Crippen LogP contribution in [-0.2, 0) is 25.7 Å². The zero-order valence-corrected chi connectivity index (χ0v) is 15.4. The molecule has 1 saturated heterocycles. The van der Waals surface area contributed by atoms with Gasteiger partial charge in [0.15, 0.2) is 0 Å². The van der Waals surface area contributed by atoms with E-state index in [0.29, 0.717) is 16.8 Å². The lowest BCUT2D eigenvalue weighted by atomic mass is 10.0. The molecule has 0 aromatic heterocycles. The van der Waals surface area contributed by atoms with Crippen LogP contribution in [0.15, 0.2) is 18.2 Å². The maximum atomic E-state index is 12.8. The topological polar surface area (TPSA) is 124 Å². The Hall–Kier alpha value is -3.23. The van der Waals surface area contributed by atoms with Crippen molar-refractivity contribution < 1.29 is 29.1 Å². The summed E-state index contributed by atoms with van der Waals surface area (Å²) in [6, 6.07) is 4.25. The van der Waals surface area contributed by atoms with Crippen molar-refractivity contribution in [3.63, 3.8) is 0 Å². The van der Waals surface area contributed by atoms with Crippen molar-refractivity contribution >= 4 is 35.3 Å². The first kappa shape index (κ1) is 19.5. The van der Waals surface area contributed by atoms with Gasteiger partial charge in [0.2, 0.25) is 11.8 Å². The summed E-state index contributed by atoms with van der Waals surface area (Å²) in [6.45, 7) is 0.165. The largest absolute Gasteiger partial charge is 0.481 e. The summed E-state index contributed by atoms with van der Waals surface area (Å²) in [4.78, 5) is 62.1. The van der Waals surface area contributed by atoms with Crippen LogP contribution in [0.5, 0.6) is 0 Å². The Morgan fingerprint density at radius 1 is 1.21 bits per heavy atom. The van der Waals surface area contributed by atoms with Gasteiger partial charge >= 0.3 is 5.97 Å². The maximum Gasteiger partial charge on any atom is 0.303 e. The molecule has 148 valence electrons. The molecule has 0 bridgehead atoms. The molecular weight excluding hydrogens is 366 g/mol. The predicted octanol–water partition coefficient (Wildman–Crippen LogP) is 0.983. The molecule has 0 aliphatic carbocycles. The number of benzene rings is 1. The third kappa shape index (κ3) is 3.73. The number of imide groups is 1. The zero-order chi connectivity index (χ0) is 20.4. The van der Waals surface area contributed by atoms with Gasteiger partial charge in [-0.2, -0.15) is 0 Å². The first-order chi connectivity index (χ1) is 13.3. The molecule has 9 nitrogen and oxygen atoms in total. The van der Waals surface area contributed by atoms with E-state index in [1.807, 2.05) is 0 Å². The predicted molar refractivity (Wildman–Crippen MR) is 97.2 cm³/mol. The molecular formula is C19H21N3O6. The Bertz CT molecular complexity index is 865. The Morgan fingerprint density at radius 2 is 1.96 bits per heavy atom. The van der Waals surface area contributed by atoms with Crippen molar-refractivity contribution in [2.24, 2.45) is 0 Å². The lowest BCUT2D eigenvalue weighted by Crippen LogP contribution is -2.53. The number of anilines is 1. The number of carboxylic acids is 1. The van der Waals surface area contributed by atoms with Gasteiger partial charge in [0.1, 0.15) is 6.04 Å². The van der Waals surface area contributed by atoms with Gasteiger partial charge in [-0.25, -0.2) is 0 Å². The van der Waals surface area contributed by atoms with E-state index < -0.39 is 17.9 Å². The van der Waals surface area contributed by atoms with Crippen LogP contribution in [0.3, 0.4) is 0 Å². The van der Waals surface area contributed by atoms with Crippen molar-refractivity contribution in [3.8, 4) is 0 Å². The minimum atomic E-state index is -0.963. The standard InChI is InChI=1S/C19H21N3O6/c1-21-16(24)9-8-14(19(21)28)22-10-12-11(18(22)27)4-2-5-13(12)20-15(23)6-3-7-17(25)26/h2,4-5,14H,3,6-10H2,1H3,(H,20,23)(H,25,26). The van der Waals surface area contributed by atoms with Crippen LogP contribution in [0.4, 0.5) is 5.69 Å². The van der Waals surface area contributed by atoms with E-state index in [1.165, 1.54) is 11.9 Å². The van der Waals surface area contributed by atoms with Crippen LogP contribution in [0.1, 0.15) is 48.0 Å². The molecule has 0 radical (unpaired) electrons. The summed E-state index contributed by atoms with van der Waals surface area (Å²) in [7, 11) is 1.41. The molecule has 1 unspecified atom stereocenters. The van der Waals surface area contributed by atoms with Crippen molar-refractivity contribution in [1.29, 1.82) is 0 Å². The molecule has 2 heterocycles. The van der Waals surface area contributed by atoms with Crippen molar-refractivity contribution in [1.82, 2.24) is 9.80 Å². The van der Waals surface area contributed by atoms with Crippen LogP contribution in [0, 0.1) is 0 Å². The van der Waals surface area contributed by atoms with Gasteiger partial charge in [0, 0.05) is 49.7 Å². The number of aliphatic carboxylic acids is 1. The number of carbonyl (C=O) groups is 5. The van der Waals surface area contributed by atoms with Gasteiger partial charge in [0.05, 0.1) is 0 Å². The number of carboxylic acid groups (broad SMARTS) is 1. The van der Waals surface area contributed by atoms with Gasteiger partial charge in [-0.05, 0) is 25.0 Å². The van der Waals surface area contributed by atoms with Gasteiger partial charge in [-0.3, -0.25) is 28.9 Å². The molecule has 1 atom stereocenters. The second-order valence-corrected chi connectivity index (χ2v) is 6.91. The molecule has 28 heavy (non-hydrogen) atoms. The third-order valence-electron chi connectivity index (χ3n) is 5.06. The van der Waals surface area contributed by atoms with E-state index in [0.717, 1.165) is 4.90 Å². The van der Waals surface area contributed by atoms with Crippen LogP contribution in [-0.4, -0.2) is 57.6 Å². The van der Waals surface area contributed by atoms with Crippen LogP contribution in [0.25, 0.3) is 0 Å². The van der Waals surface area contributed by atoms with Gasteiger partial charge in [-0.15, -0.1) is 0 Å². The van der Waals surface area contributed by atoms with Crippen LogP contribution < -0.4 is 5.32 Å². The number of nitrogens with one attached hydrogen (secondary N) is 1. The Labute approximate surface area is 161 Å². The highest BCUT2D eigenvalue weighted by Crippen LogP contribution is 2.33. The lowest BCUT2D eigenvalue weighted by Gasteiger charge is -2.33. The Kier molecular flexibility index (Phi) is 5.43. The molecule has 3 rings (SSSR count). The van der Waals surface area contributed by atoms with E-state index >= 15 is 0 Å². The average Bonchev–Trinajstić information content (AvgIpc) is 2.97. The van der Waals surface area contributed by atoms with Gasteiger partial charge in [-0.1, -0.05) is 6.07 Å². The molecule has 1 aromatic carbocycles. The number of hydrogen-bond acceptors (Lipinski definition) is 5. The number of likely N-dealkylation sites (N-methyl/N-ethyl adjacent to an activating group) is 1. The second-order valence-electron chi connectivity index (χ2n) is 6.91. The molecule has 2 aliphatic heterocycles. The van der Waals surface area contributed by atoms with E-state index in [-0.39, 0.29) is 56.4 Å². The first-order valence-corrected chi connectivity index (χ1v) is 9.04. The monoisotopic (exact) mass is 387 g/mol. The second kappa shape index (κ2) is 7.79. The number of nitrogens with zero attached hydrogens (tertiary/aromatic N) is 2. The number of carbonyl (C=O) groups excluding carboxylic acids is 4. The number of amides is 4. The molecule has 2 aliphatic rings. The molecule has 0 spiro atoms. The summed E-state index contributed by atoms with van der Waals surface area (Å²) in [5.74, 6) is -2.27. The summed E-state index contributed by atoms with van der Waals surface area (Å²) in [6.07, 6.45) is 0.654. The van der Waals surface area contributed by atoms with E-state index in [2.05, 4.69) is 5.32 Å². The number of piperidine rings is 1. The van der Waals surface area contributed by atoms with Crippen LogP contribution >= 0.6 is 0 Å². The van der Waals surface area contributed by atoms with Crippen molar-refractivity contribution in [2.45, 2.75) is 44.7 Å². The third-order valence-corrected chi connectivity index (χ3v) is 5.06. The number of hydrogen-bond donors (Lipinski definition) is 2. The lowest BCUT2D eigenvalue weighted by molar-refractivity contribution is -0.150. The van der Waals surface area contributed by atoms with E-state index in [4.69, 9.17) is 5.11 Å². The average molecular weight is 387 g/mol. The SMILES string of the molecule is CN1C(=O)CCC(N2Cc3c(NC(=O)CCCC(=O)O)cccc3C2=O)C1=O. The number of rotatable bonds is 6. The highest BCUT2D eigenvalue weighted by molar-refractivity contribution is 6.06. The summed E-state index contributed by atoms with van der Waals surface area (Å²) in [5, 5.41) is 11.4. The van der Waals surface area contributed by atoms with E-state index in [9.17, 15) is 24.0 Å². The molecule has 1 aromatic rings. The smallest absolute Gasteiger partial charge is 0.303 e. The molecule has 4 amide bonds. The normalized spacial score (nSPS) is 19.0. The first-order valence-electron chi connectivity index (χ1n) is 9.04. The molecule has 9 heteroatoms. The quantitative estimate of drug-likeness (QED) is 0.702. The Balaban J connectivity index is 1.74. The number of likely N-dealkylation sites (tertiary alicyclic amines) is 1. The minimum Gasteiger partial charge on any atom is -0.481 e. The highest BCUT2D eigenvalue weighted by atomic mass is 16.4. The number of fused-ring (bicyclic) bond motifs is 1. The fourth-order valence-electron chi connectivity index (χ4n) is 3.52. The van der Waals surface area contributed by atoms with Gasteiger partial charge < -0.3 is 15.3 Å². The summed E-state index contributed by atoms with van der Waals surface area (Å²) >= 11 is 0. The minimum absolute atomic E-state index is 0.0572.